The lowest BCUT2D eigenvalue weighted by Gasteiger charge is -2.20. The van der Waals surface area contributed by atoms with Crippen LogP contribution in [0, 0.1) is 13.8 Å². The highest BCUT2D eigenvalue weighted by Gasteiger charge is 2.22. The average Bonchev–Trinajstić information content (AvgIpc) is 2.55. The van der Waals surface area contributed by atoms with Gasteiger partial charge in [-0.25, -0.2) is 4.79 Å². The van der Waals surface area contributed by atoms with Gasteiger partial charge in [0.15, 0.2) is 0 Å². The Balaban J connectivity index is 2.21. The van der Waals surface area contributed by atoms with Crippen LogP contribution in [0.2, 0.25) is 5.02 Å². The molecule has 126 valence electrons. The lowest BCUT2D eigenvalue weighted by molar-refractivity contribution is -0.142. The van der Waals surface area contributed by atoms with Crippen molar-refractivity contribution in [1.29, 1.82) is 0 Å². The Labute approximate surface area is 153 Å². The minimum absolute atomic E-state index is 0.359. The van der Waals surface area contributed by atoms with Crippen LogP contribution < -0.4 is 5.32 Å². The number of carbonyl (C=O) groups is 1. The van der Waals surface area contributed by atoms with Gasteiger partial charge in [0.1, 0.15) is 11.0 Å². The van der Waals surface area contributed by atoms with Crippen molar-refractivity contribution in [2.24, 2.45) is 0 Å². The second-order valence-electron chi connectivity index (χ2n) is 5.67. The van der Waals surface area contributed by atoms with Crippen LogP contribution >= 0.6 is 23.8 Å². The van der Waals surface area contributed by atoms with Gasteiger partial charge in [0.05, 0.1) is 12.1 Å². The number of rotatable bonds is 5. The lowest BCUT2D eigenvalue weighted by atomic mass is 10.0. The Hall–Kier alpha value is -1.91. The summed E-state index contributed by atoms with van der Waals surface area (Å²) in [6, 6.07) is 13.0. The third-order valence-corrected chi connectivity index (χ3v) is 4.44. The maximum atomic E-state index is 12.1. The van der Waals surface area contributed by atoms with E-state index in [0.717, 1.165) is 16.7 Å². The first-order valence-corrected chi connectivity index (χ1v) is 8.40. The number of hydrogen-bond donors (Lipinski definition) is 1. The molecule has 0 saturated heterocycles. The highest BCUT2D eigenvalue weighted by Crippen LogP contribution is 2.20. The van der Waals surface area contributed by atoms with E-state index in [2.05, 4.69) is 5.32 Å². The molecule has 0 radical (unpaired) electrons. The molecule has 24 heavy (non-hydrogen) atoms. The Kier molecular flexibility index (Phi) is 6.35. The molecule has 2 aromatic carbocycles. The summed E-state index contributed by atoms with van der Waals surface area (Å²) in [5, 5.41) is 3.66. The minimum Gasteiger partial charge on any atom is -0.467 e. The highest BCUT2D eigenvalue weighted by atomic mass is 35.5. The van der Waals surface area contributed by atoms with E-state index in [4.69, 9.17) is 28.6 Å². The van der Waals surface area contributed by atoms with Crippen LogP contribution in [0.1, 0.15) is 22.3 Å². The lowest BCUT2D eigenvalue weighted by Crippen LogP contribution is -2.43. The van der Waals surface area contributed by atoms with Crippen molar-refractivity contribution < 1.29 is 9.53 Å². The number of benzene rings is 2. The summed E-state index contributed by atoms with van der Waals surface area (Å²) in [6.45, 7) is 3.96. The van der Waals surface area contributed by atoms with Crippen LogP contribution in [0.15, 0.2) is 42.5 Å². The number of halogens is 1. The smallest absolute Gasteiger partial charge is 0.328 e. The first kappa shape index (κ1) is 18.4. The normalized spacial score (nSPS) is 11.7. The van der Waals surface area contributed by atoms with Crippen LogP contribution in [-0.4, -0.2) is 24.1 Å². The van der Waals surface area contributed by atoms with Crippen molar-refractivity contribution >= 4 is 34.8 Å². The van der Waals surface area contributed by atoms with Crippen LogP contribution in [0.5, 0.6) is 0 Å². The van der Waals surface area contributed by atoms with Gasteiger partial charge in [-0.15, -0.1) is 0 Å². The monoisotopic (exact) mass is 361 g/mol. The first-order valence-electron chi connectivity index (χ1n) is 7.61. The molecule has 1 atom stereocenters. The fraction of sp³-hybridized carbons (Fsp3) is 0.263. The van der Waals surface area contributed by atoms with Crippen molar-refractivity contribution in [1.82, 2.24) is 5.32 Å². The molecule has 0 saturated carbocycles. The van der Waals surface area contributed by atoms with Gasteiger partial charge in [0.25, 0.3) is 0 Å². The van der Waals surface area contributed by atoms with E-state index < -0.39 is 6.04 Å². The largest absolute Gasteiger partial charge is 0.467 e. The number of nitrogens with one attached hydrogen (secondary N) is 1. The molecular weight excluding hydrogens is 342 g/mol. The molecule has 2 rings (SSSR count). The molecule has 2 aromatic rings. The quantitative estimate of drug-likeness (QED) is 0.645. The summed E-state index contributed by atoms with van der Waals surface area (Å²) in [7, 11) is 1.37. The van der Waals surface area contributed by atoms with Gasteiger partial charge < -0.3 is 10.1 Å². The fourth-order valence-electron chi connectivity index (χ4n) is 2.45. The Morgan fingerprint density at radius 2 is 1.88 bits per heavy atom. The summed E-state index contributed by atoms with van der Waals surface area (Å²) in [4.78, 5) is 12.6. The predicted molar refractivity (Wildman–Crippen MR) is 102 cm³/mol. The molecule has 1 unspecified atom stereocenters. The summed E-state index contributed by atoms with van der Waals surface area (Å²) >= 11 is 11.7. The molecule has 0 spiro atoms. The number of esters is 1. The van der Waals surface area contributed by atoms with Crippen molar-refractivity contribution in [2.75, 3.05) is 7.11 Å². The van der Waals surface area contributed by atoms with Gasteiger partial charge in [-0.2, -0.15) is 0 Å². The second-order valence-corrected chi connectivity index (χ2v) is 6.49. The van der Waals surface area contributed by atoms with Crippen molar-refractivity contribution in [2.45, 2.75) is 26.3 Å². The van der Waals surface area contributed by atoms with E-state index in [-0.39, 0.29) is 5.97 Å². The topological polar surface area (TPSA) is 38.3 Å². The second kappa shape index (κ2) is 8.27. The third-order valence-electron chi connectivity index (χ3n) is 3.80. The number of aryl methyl sites for hydroxylation is 2. The maximum absolute atomic E-state index is 12.1. The summed E-state index contributed by atoms with van der Waals surface area (Å²) in [5.74, 6) is -0.359. The highest BCUT2D eigenvalue weighted by molar-refractivity contribution is 7.80. The molecule has 0 amide bonds. The Morgan fingerprint density at radius 1 is 1.21 bits per heavy atom. The van der Waals surface area contributed by atoms with Crippen LogP contribution in [-0.2, 0) is 16.0 Å². The minimum atomic E-state index is -0.569. The molecule has 0 aliphatic carbocycles. The number of hydrogen-bond acceptors (Lipinski definition) is 3. The fourth-order valence-corrected chi connectivity index (χ4v) is 3.23. The molecule has 0 aliphatic heterocycles. The van der Waals surface area contributed by atoms with E-state index in [9.17, 15) is 4.79 Å². The predicted octanol–water partition coefficient (Wildman–Crippen LogP) is 4.01. The van der Waals surface area contributed by atoms with Gasteiger partial charge in [0, 0.05) is 12.0 Å². The van der Waals surface area contributed by atoms with E-state index in [0.29, 0.717) is 16.4 Å². The molecule has 0 heterocycles. The van der Waals surface area contributed by atoms with E-state index in [1.54, 1.807) is 6.07 Å². The number of thiocarbonyl (C=S) groups is 1. The Morgan fingerprint density at radius 3 is 2.46 bits per heavy atom. The SMILES string of the molecule is COC(=O)C(Cc1ccc(C)cc1)NC(=S)c1c(C)cccc1Cl. The zero-order valence-corrected chi connectivity index (χ0v) is 15.5. The van der Waals surface area contributed by atoms with E-state index in [1.807, 2.05) is 50.2 Å². The maximum Gasteiger partial charge on any atom is 0.328 e. The van der Waals surface area contributed by atoms with Gasteiger partial charge in [0.2, 0.25) is 0 Å². The summed E-state index contributed by atoms with van der Waals surface area (Å²) in [6.07, 6.45) is 0.483. The van der Waals surface area contributed by atoms with Crippen molar-refractivity contribution in [3.05, 3.63) is 69.7 Å². The first-order chi connectivity index (χ1) is 11.4. The molecule has 0 bridgehead atoms. The zero-order valence-electron chi connectivity index (χ0n) is 13.9. The third kappa shape index (κ3) is 4.56. The standard InChI is InChI=1S/C19H20ClNO2S/c1-12-7-9-14(10-8-12)11-16(19(22)23-3)21-18(24)17-13(2)5-4-6-15(17)20/h4-10,16H,11H2,1-3H3,(H,21,24). The Bertz CT molecular complexity index is 723. The van der Waals surface area contributed by atoms with E-state index in [1.165, 1.54) is 12.7 Å². The molecule has 3 nitrogen and oxygen atoms in total. The van der Waals surface area contributed by atoms with Crippen molar-refractivity contribution in [3.63, 3.8) is 0 Å². The van der Waals surface area contributed by atoms with Gasteiger partial charge >= 0.3 is 5.97 Å². The van der Waals surface area contributed by atoms with Crippen LogP contribution in [0.4, 0.5) is 0 Å². The van der Waals surface area contributed by atoms with Crippen LogP contribution in [0.25, 0.3) is 0 Å². The molecule has 0 aromatic heterocycles. The average molecular weight is 362 g/mol. The molecule has 0 aliphatic rings. The number of methoxy groups -OCH3 is 1. The van der Waals surface area contributed by atoms with Gasteiger partial charge in [-0.05, 0) is 31.0 Å². The molecule has 5 heteroatoms. The zero-order chi connectivity index (χ0) is 17.7. The van der Waals surface area contributed by atoms with Crippen LogP contribution in [0.3, 0.4) is 0 Å². The van der Waals surface area contributed by atoms with E-state index >= 15 is 0 Å². The number of ether oxygens (including phenoxy) is 1. The van der Waals surface area contributed by atoms with Gasteiger partial charge in [-0.3, -0.25) is 0 Å². The number of carbonyl (C=O) groups excluding carboxylic acids is 1. The molecule has 1 N–H and O–H groups in total. The van der Waals surface area contributed by atoms with Crippen molar-refractivity contribution in [3.8, 4) is 0 Å². The summed E-state index contributed by atoms with van der Waals surface area (Å²) < 4.78 is 4.91. The molecule has 0 fully saturated rings. The molecular formula is C19H20ClNO2S. The summed E-state index contributed by atoms with van der Waals surface area (Å²) in [5.41, 5.74) is 3.90. The van der Waals surface area contributed by atoms with Gasteiger partial charge in [-0.1, -0.05) is 65.8 Å².